The monoisotopic (exact) mass is 342 g/mol. The van der Waals surface area contributed by atoms with Gasteiger partial charge in [0.15, 0.2) is 0 Å². The van der Waals surface area contributed by atoms with Gasteiger partial charge in [0.05, 0.1) is 5.69 Å². The molecule has 0 saturated carbocycles. The Hall–Kier alpha value is -2.64. The van der Waals surface area contributed by atoms with Crippen molar-refractivity contribution in [2.45, 2.75) is 6.42 Å². The zero-order valence-corrected chi connectivity index (χ0v) is 13.3. The summed E-state index contributed by atoms with van der Waals surface area (Å²) in [7, 11) is 0. The summed E-state index contributed by atoms with van der Waals surface area (Å²) in [5.74, 6) is -1.62. The summed E-state index contributed by atoms with van der Waals surface area (Å²) in [4.78, 5) is 36.1. The third kappa shape index (κ3) is 3.17. The van der Waals surface area contributed by atoms with Gasteiger partial charge in [-0.1, -0.05) is 30.3 Å². The van der Waals surface area contributed by atoms with Crippen molar-refractivity contribution in [3.05, 3.63) is 65.7 Å². The first-order valence-electron chi connectivity index (χ1n) is 7.24. The van der Waals surface area contributed by atoms with Crippen molar-refractivity contribution >= 4 is 34.6 Å². The van der Waals surface area contributed by atoms with Crippen molar-refractivity contribution in [2.24, 2.45) is 5.92 Å². The van der Waals surface area contributed by atoms with Crippen LogP contribution in [0.2, 0.25) is 0 Å². The molecule has 1 aliphatic heterocycles. The number of nitrogens with zero attached hydrogens (tertiary/aromatic N) is 1. The standard InChI is InChI=1S/C17H14N2O4S/c20-15(18-23)12-6-8-13(9-7-12)19-16(21)14(17(22)24-19)10-11-4-2-1-3-5-11/h1-9,14,23H,10H2,(H,18,20). The molecule has 6 nitrogen and oxygen atoms in total. The van der Waals surface area contributed by atoms with Crippen molar-refractivity contribution in [3.63, 3.8) is 0 Å². The van der Waals surface area contributed by atoms with Gasteiger partial charge in [-0.2, -0.15) is 0 Å². The number of anilines is 1. The Morgan fingerprint density at radius 3 is 2.38 bits per heavy atom. The predicted molar refractivity (Wildman–Crippen MR) is 89.4 cm³/mol. The van der Waals surface area contributed by atoms with Crippen LogP contribution in [0.4, 0.5) is 5.69 Å². The second kappa shape index (κ2) is 6.86. The molecular formula is C17H14N2O4S. The van der Waals surface area contributed by atoms with Crippen LogP contribution in [0.1, 0.15) is 15.9 Å². The molecular weight excluding hydrogens is 328 g/mol. The molecule has 0 aliphatic carbocycles. The summed E-state index contributed by atoms with van der Waals surface area (Å²) in [5, 5.41) is 8.41. The van der Waals surface area contributed by atoms with Gasteiger partial charge in [-0.25, -0.2) is 9.79 Å². The lowest BCUT2D eigenvalue weighted by Gasteiger charge is -2.14. The van der Waals surface area contributed by atoms with Gasteiger partial charge in [0.2, 0.25) is 11.0 Å². The fourth-order valence-corrected chi connectivity index (χ4v) is 3.39. The summed E-state index contributed by atoms with van der Waals surface area (Å²) < 4.78 is 1.34. The smallest absolute Gasteiger partial charge is 0.274 e. The number of hydrogen-bond acceptors (Lipinski definition) is 5. The van der Waals surface area contributed by atoms with Crippen LogP contribution >= 0.6 is 11.9 Å². The second-order valence-corrected chi connectivity index (χ2v) is 6.22. The minimum absolute atomic E-state index is 0.193. The minimum atomic E-state index is -0.710. The van der Waals surface area contributed by atoms with Gasteiger partial charge >= 0.3 is 0 Å². The molecule has 24 heavy (non-hydrogen) atoms. The molecule has 0 spiro atoms. The Kier molecular flexibility index (Phi) is 4.64. The molecule has 2 aromatic rings. The summed E-state index contributed by atoms with van der Waals surface area (Å²) >= 11 is 0.869. The van der Waals surface area contributed by atoms with Gasteiger partial charge in [0, 0.05) is 17.5 Å². The highest BCUT2D eigenvalue weighted by Crippen LogP contribution is 2.35. The van der Waals surface area contributed by atoms with E-state index in [4.69, 9.17) is 5.21 Å². The average Bonchev–Trinajstić information content (AvgIpc) is 2.90. The molecule has 122 valence electrons. The van der Waals surface area contributed by atoms with E-state index in [-0.39, 0.29) is 16.6 Å². The quantitative estimate of drug-likeness (QED) is 0.385. The van der Waals surface area contributed by atoms with Gasteiger partial charge in [0.1, 0.15) is 5.92 Å². The average molecular weight is 342 g/mol. The largest absolute Gasteiger partial charge is 0.288 e. The Morgan fingerprint density at radius 2 is 1.75 bits per heavy atom. The van der Waals surface area contributed by atoms with E-state index < -0.39 is 11.8 Å². The van der Waals surface area contributed by atoms with E-state index in [0.29, 0.717) is 12.1 Å². The zero-order valence-electron chi connectivity index (χ0n) is 12.5. The van der Waals surface area contributed by atoms with Crippen LogP contribution in [0, 0.1) is 5.92 Å². The Morgan fingerprint density at radius 1 is 1.08 bits per heavy atom. The molecule has 3 rings (SSSR count). The number of rotatable bonds is 4. The van der Waals surface area contributed by atoms with Gasteiger partial charge < -0.3 is 0 Å². The first kappa shape index (κ1) is 16.2. The molecule has 7 heteroatoms. The molecule has 0 aromatic heterocycles. The first-order valence-corrected chi connectivity index (χ1v) is 8.01. The number of carbonyl (C=O) groups is 3. The van der Waals surface area contributed by atoms with Crippen molar-refractivity contribution in [1.29, 1.82) is 0 Å². The Bertz CT molecular complexity index is 777. The maximum atomic E-state index is 12.6. The van der Waals surface area contributed by atoms with Crippen molar-refractivity contribution < 1.29 is 19.6 Å². The highest BCUT2D eigenvalue weighted by Gasteiger charge is 2.41. The van der Waals surface area contributed by atoms with Crippen molar-refractivity contribution in [3.8, 4) is 0 Å². The van der Waals surface area contributed by atoms with E-state index >= 15 is 0 Å². The topological polar surface area (TPSA) is 86.7 Å². The third-order valence-electron chi connectivity index (χ3n) is 3.71. The zero-order chi connectivity index (χ0) is 17.1. The van der Waals surface area contributed by atoms with Crippen LogP contribution in [0.3, 0.4) is 0 Å². The molecule has 2 N–H and O–H groups in total. The van der Waals surface area contributed by atoms with E-state index in [1.54, 1.807) is 17.6 Å². The fourth-order valence-electron chi connectivity index (χ4n) is 2.45. The second-order valence-electron chi connectivity index (χ2n) is 5.27. The van der Waals surface area contributed by atoms with E-state index in [2.05, 4.69) is 0 Å². The molecule has 1 aliphatic rings. The number of carbonyl (C=O) groups excluding carboxylic acids is 3. The molecule has 1 fully saturated rings. The maximum absolute atomic E-state index is 12.6. The minimum Gasteiger partial charge on any atom is -0.288 e. The number of hydrogen-bond donors (Lipinski definition) is 2. The summed E-state index contributed by atoms with van der Waals surface area (Å²) in [6.07, 6.45) is 0.368. The summed E-state index contributed by atoms with van der Waals surface area (Å²) in [6.45, 7) is 0. The molecule has 0 bridgehead atoms. The summed E-state index contributed by atoms with van der Waals surface area (Å²) in [5.41, 5.74) is 3.25. The third-order valence-corrected chi connectivity index (χ3v) is 4.75. The van der Waals surface area contributed by atoms with Gasteiger partial charge in [-0.3, -0.25) is 19.6 Å². The van der Waals surface area contributed by atoms with Gasteiger partial charge in [-0.15, -0.1) is 0 Å². The van der Waals surface area contributed by atoms with E-state index in [9.17, 15) is 14.4 Å². The Labute approximate surface area is 142 Å². The number of benzene rings is 2. The van der Waals surface area contributed by atoms with Crippen LogP contribution in [0.15, 0.2) is 54.6 Å². The van der Waals surface area contributed by atoms with Crippen LogP contribution < -0.4 is 9.79 Å². The van der Waals surface area contributed by atoms with E-state index in [1.807, 2.05) is 30.3 Å². The van der Waals surface area contributed by atoms with Crippen LogP contribution in [-0.2, 0) is 16.0 Å². The fraction of sp³-hybridized carbons (Fsp3) is 0.118. The number of nitrogens with one attached hydrogen (secondary N) is 1. The van der Waals surface area contributed by atoms with Crippen molar-refractivity contribution in [2.75, 3.05) is 4.31 Å². The summed E-state index contributed by atoms with van der Waals surface area (Å²) in [6, 6.07) is 15.5. The molecule has 2 aromatic carbocycles. The van der Waals surface area contributed by atoms with Crippen molar-refractivity contribution in [1.82, 2.24) is 5.48 Å². The first-order chi connectivity index (χ1) is 11.6. The predicted octanol–water partition coefficient (Wildman–Crippen LogP) is 2.19. The molecule has 0 radical (unpaired) electrons. The van der Waals surface area contributed by atoms with Crippen LogP contribution in [0.5, 0.6) is 0 Å². The van der Waals surface area contributed by atoms with Gasteiger partial charge in [0.25, 0.3) is 5.91 Å². The number of amides is 2. The maximum Gasteiger partial charge on any atom is 0.274 e. The molecule has 1 unspecified atom stereocenters. The molecule has 1 atom stereocenters. The molecule has 2 amide bonds. The molecule has 1 heterocycles. The lowest BCUT2D eigenvalue weighted by atomic mass is 9.99. The molecule has 1 saturated heterocycles. The lowest BCUT2D eigenvalue weighted by Crippen LogP contribution is -2.25. The van der Waals surface area contributed by atoms with Crippen LogP contribution in [-0.4, -0.2) is 22.1 Å². The lowest BCUT2D eigenvalue weighted by molar-refractivity contribution is -0.125. The number of hydroxylamine groups is 1. The SMILES string of the molecule is O=C(NO)c1ccc(N2SC(=O)C(Cc3ccccc3)C2=O)cc1. The van der Waals surface area contributed by atoms with Gasteiger partial charge in [-0.05, 0) is 36.2 Å². The Balaban J connectivity index is 1.77. The normalized spacial score (nSPS) is 17.2. The highest BCUT2D eigenvalue weighted by molar-refractivity contribution is 8.16. The van der Waals surface area contributed by atoms with E-state index in [1.165, 1.54) is 16.4 Å². The van der Waals surface area contributed by atoms with E-state index in [0.717, 1.165) is 17.5 Å². The van der Waals surface area contributed by atoms with Crippen LogP contribution in [0.25, 0.3) is 0 Å². The highest BCUT2D eigenvalue weighted by atomic mass is 32.2.